The minimum atomic E-state index is -0.852. The fraction of sp³-hybridized carbons (Fsp3) is 0.364. The Hall–Kier alpha value is -1.49. The Morgan fingerprint density at radius 1 is 1.50 bits per heavy atom. The van der Waals surface area contributed by atoms with Crippen molar-refractivity contribution in [3.63, 3.8) is 0 Å². The topological polar surface area (TPSA) is 55.1 Å². The maximum Gasteiger partial charge on any atom is 0.257 e. The molecule has 0 bridgehead atoms. The summed E-state index contributed by atoms with van der Waals surface area (Å²) in [6.45, 7) is 1.48. The predicted molar refractivity (Wildman–Crippen MR) is 54.9 cm³/mol. The van der Waals surface area contributed by atoms with Gasteiger partial charge < -0.3 is 11.1 Å². The minimum absolute atomic E-state index is 0.0973. The highest BCUT2D eigenvalue weighted by Crippen LogP contribution is 2.21. The number of carbonyl (C=O) groups is 1. The second-order valence-corrected chi connectivity index (χ2v) is 4.03. The third kappa shape index (κ3) is 1.90. The summed E-state index contributed by atoms with van der Waals surface area (Å²) in [4.78, 5) is 11.6. The van der Waals surface area contributed by atoms with E-state index in [4.69, 9.17) is 5.73 Å². The highest BCUT2D eigenvalue weighted by Gasteiger charge is 2.36. The lowest BCUT2D eigenvalue weighted by Gasteiger charge is -2.07. The van der Waals surface area contributed by atoms with E-state index in [0.717, 1.165) is 6.07 Å². The Bertz CT molecular complexity index is 448. The van der Waals surface area contributed by atoms with Gasteiger partial charge in [0.05, 0.1) is 0 Å². The molecule has 1 aliphatic rings. The van der Waals surface area contributed by atoms with Crippen molar-refractivity contribution >= 4 is 5.91 Å². The largest absolute Gasteiger partial charge is 0.347 e. The standard InChI is InChI=1S/C11H12F2N2O/c1-5-2-3-6(12)9(10(5)13)11(16)15-8-4-7(8)14/h2-3,7-8H,4,14H2,1H3,(H,15,16). The highest BCUT2D eigenvalue weighted by atomic mass is 19.1. The molecular formula is C11H12F2N2O. The molecule has 1 aromatic carbocycles. The predicted octanol–water partition coefficient (Wildman–Crippen LogP) is 1.10. The lowest BCUT2D eigenvalue weighted by Crippen LogP contribution is -2.31. The molecule has 0 aliphatic heterocycles. The molecule has 86 valence electrons. The number of hydrogen-bond donors (Lipinski definition) is 2. The van der Waals surface area contributed by atoms with Gasteiger partial charge in [-0.2, -0.15) is 0 Å². The maximum absolute atomic E-state index is 13.5. The normalized spacial score (nSPS) is 23.0. The van der Waals surface area contributed by atoms with Gasteiger partial charge in [0.15, 0.2) is 0 Å². The summed E-state index contributed by atoms with van der Waals surface area (Å²) in [5, 5.41) is 2.48. The molecule has 1 amide bonds. The second kappa shape index (κ2) is 3.83. The summed E-state index contributed by atoms with van der Waals surface area (Å²) in [7, 11) is 0. The molecule has 0 radical (unpaired) electrons. The summed E-state index contributed by atoms with van der Waals surface area (Å²) >= 11 is 0. The first-order valence-corrected chi connectivity index (χ1v) is 5.01. The van der Waals surface area contributed by atoms with Crippen LogP contribution in [0.15, 0.2) is 12.1 Å². The Labute approximate surface area is 91.6 Å². The Balaban J connectivity index is 2.25. The van der Waals surface area contributed by atoms with Gasteiger partial charge in [0.25, 0.3) is 5.91 Å². The minimum Gasteiger partial charge on any atom is -0.347 e. The molecule has 1 fully saturated rings. The van der Waals surface area contributed by atoms with Crippen molar-refractivity contribution in [1.29, 1.82) is 0 Å². The number of hydrogen-bond acceptors (Lipinski definition) is 2. The van der Waals surface area contributed by atoms with Crippen LogP contribution in [0.3, 0.4) is 0 Å². The Morgan fingerprint density at radius 3 is 2.69 bits per heavy atom. The first kappa shape index (κ1) is 11.0. The van der Waals surface area contributed by atoms with Gasteiger partial charge in [-0.3, -0.25) is 4.79 Å². The molecule has 0 heterocycles. The van der Waals surface area contributed by atoms with E-state index in [1.54, 1.807) is 0 Å². The molecular weight excluding hydrogens is 214 g/mol. The molecule has 3 N–H and O–H groups in total. The number of nitrogens with two attached hydrogens (primary N) is 1. The molecule has 1 saturated carbocycles. The van der Waals surface area contributed by atoms with Crippen LogP contribution >= 0.6 is 0 Å². The van der Waals surface area contributed by atoms with Crippen LogP contribution in [-0.4, -0.2) is 18.0 Å². The van der Waals surface area contributed by atoms with Crippen molar-refractivity contribution in [1.82, 2.24) is 5.32 Å². The Kier molecular flexibility index (Phi) is 2.63. The van der Waals surface area contributed by atoms with Crippen molar-refractivity contribution in [2.45, 2.75) is 25.4 Å². The van der Waals surface area contributed by atoms with E-state index in [0.29, 0.717) is 6.42 Å². The Morgan fingerprint density at radius 2 is 2.12 bits per heavy atom. The zero-order chi connectivity index (χ0) is 11.9. The molecule has 0 spiro atoms. The van der Waals surface area contributed by atoms with Gasteiger partial charge in [0.2, 0.25) is 0 Å². The van der Waals surface area contributed by atoms with Gasteiger partial charge in [-0.05, 0) is 25.0 Å². The van der Waals surface area contributed by atoms with Crippen LogP contribution in [0.25, 0.3) is 0 Å². The average Bonchev–Trinajstić information content (AvgIpc) is 2.89. The van der Waals surface area contributed by atoms with E-state index in [2.05, 4.69) is 5.32 Å². The molecule has 0 aromatic heterocycles. The lowest BCUT2D eigenvalue weighted by molar-refractivity contribution is 0.0941. The molecule has 1 aromatic rings. The summed E-state index contributed by atoms with van der Waals surface area (Å²) in [5.74, 6) is -2.40. The van der Waals surface area contributed by atoms with Crippen LogP contribution in [0, 0.1) is 18.6 Å². The van der Waals surface area contributed by atoms with Gasteiger partial charge in [-0.15, -0.1) is 0 Å². The van der Waals surface area contributed by atoms with E-state index in [-0.39, 0.29) is 17.6 Å². The van der Waals surface area contributed by atoms with Crippen LogP contribution < -0.4 is 11.1 Å². The van der Waals surface area contributed by atoms with E-state index < -0.39 is 23.1 Å². The smallest absolute Gasteiger partial charge is 0.257 e. The van der Waals surface area contributed by atoms with Gasteiger partial charge in [0, 0.05) is 12.1 Å². The van der Waals surface area contributed by atoms with E-state index in [1.807, 2.05) is 0 Å². The van der Waals surface area contributed by atoms with Crippen molar-refractivity contribution in [3.05, 3.63) is 34.9 Å². The zero-order valence-corrected chi connectivity index (χ0v) is 8.76. The molecule has 2 unspecified atom stereocenters. The summed E-state index contributed by atoms with van der Waals surface area (Å²) < 4.78 is 26.9. The maximum atomic E-state index is 13.5. The molecule has 2 atom stereocenters. The molecule has 2 rings (SSSR count). The second-order valence-electron chi connectivity index (χ2n) is 4.03. The van der Waals surface area contributed by atoms with Gasteiger partial charge in [0.1, 0.15) is 17.2 Å². The van der Waals surface area contributed by atoms with Gasteiger partial charge >= 0.3 is 0 Å². The van der Waals surface area contributed by atoms with Crippen LogP contribution in [0.4, 0.5) is 8.78 Å². The van der Waals surface area contributed by atoms with Crippen molar-refractivity contribution in [2.24, 2.45) is 5.73 Å². The molecule has 16 heavy (non-hydrogen) atoms. The summed E-state index contributed by atoms with van der Waals surface area (Å²) in [6.07, 6.45) is 0.654. The third-order valence-corrected chi connectivity index (χ3v) is 2.67. The SMILES string of the molecule is Cc1ccc(F)c(C(=O)NC2CC2N)c1F. The van der Waals surface area contributed by atoms with Crippen molar-refractivity contribution in [3.8, 4) is 0 Å². The van der Waals surface area contributed by atoms with Crippen LogP contribution in [0.1, 0.15) is 22.3 Å². The molecule has 0 saturated heterocycles. The van der Waals surface area contributed by atoms with E-state index in [9.17, 15) is 13.6 Å². The molecule has 5 heteroatoms. The lowest BCUT2D eigenvalue weighted by atomic mass is 10.1. The number of benzene rings is 1. The number of halogens is 2. The van der Waals surface area contributed by atoms with Crippen molar-refractivity contribution < 1.29 is 13.6 Å². The average molecular weight is 226 g/mol. The number of nitrogens with one attached hydrogen (secondary N) is 1. The van der Waals surface area contributed by atoms with Crippen molar-refractivity contribution in [2.75, 3.05) is 0 Å². The number of aryl methyl sites for hydroxylation is 1. The monoisotopic (exact) mass is 226 g/mol. The number of carbonyl (C=O) groups excluding carboxylic acids is 1. The van der Waals surface area contributed by atoms with Crippen LogP contribution in [0.2, 0.25) is 0 Å². The van der Waals surface area contributed by atoms with E-state index in [1.165, 1.54) is 13.0 Å². The fourth-order valence-corrected chi connectivity index (χ4v) is 1.49. The van der Waals surface area contributed by atoms with Crippen LogP contribution in [0.5, 0.6) is 0 Å². The van der Waals surface area contributed by atoms with E-state index >= 15 is 0 Å². The number of amides is 1. The first-order chi connectivity index (χ1) is 7.50. The summed E-state index contributed by atoms with van der Waals surface area (Å²) in [5.41, 5.74) is 5.21. The highest BCUT2D eigenvalue weighted by molar-refractivity contribution is 5.95. The third-order valence-electron chi connectivity index (χ3n) is 2.67. The van der Waals surface area contributed by atoms with Gasteiger partial charge in [-0.1, -0.05) is 6.07 Å². The summed E-state index contributed by atoms with van der Waals surface area (Å²) in [6, 6.07) is 2.12. The molecule has 3 nitrogen and oxygen atoms in total. The zero-order valence-electron chi connectivity index (χ0n) is 8.76. The first-order valence-electron chi connectivity index (χ1n) is 5.01. The van der Waals surface area contributed by atoms with Gasteiger partial charge in [-0.25, -0.2) is 8.78 Å². The quantitative estimate of drug-likeness (QED) is 0.793. The number of rotatable bonds is 2. The fourth-order valence-electron chi connectivity index (χ4n) is 1.49. The van der Waals surface area contributed by atoms with Crippen LogP contribution in [-0.2, 0) is 0 Å². The molecule has 1 aliphatic carbocycles.